The van der Waals surface area contributed by atoms with Crippen LogP contribution >= 0.6 is 0 Å². The van der Waals surface area contributed by atoms with Gasteiger partial charge in [0.2, 0.25) is 5.88 Å². The quantitative estimate of drug-likeness (QED) is 0.513. The van der Waals surface area contributed by atoms with Crippen molar-refractivity contribution in [1.82, 2.24) is 5.16 Å². The highest BCUT2D eigenvalue weighted by Gasteiger charge is 1.98. The van der Waals surface area contributed by atoms with Crippen molar-refractivity contribution in [2.75, 3.05) is 5.73 Å². The van der Waals surface area contributed by atoms with Gasteiger partial charge in [-0.3, -0.25) is 0 Å². The van der Waals surface area contributed by atoms with Crippen LogP contribution in [0.3, 0.4) is 0 Å². The molecule has 0 aliphatic carbocycles. The lowest BCUT2D eigenvalue weighted by Crippen LogP contribution is -1.81. The molecule has 0 unspecified atom stereocenters. The van der Waals surface area contributed by atoms with Gasteiger partial charge in [-0.15, -0.1) is 0 Å². The molecule has 0 aromatic carbocycles. The molecule has 0 aliphatic heterocycles. The first kappa shape index (κ1) is 4.65. The zero-order valence-corrected chi connectivity index (χ0v) is 3.96. The highest BCUT2D eigenvalue weighted by atomic mass is 16.5. The van der Waals surface area contributed by atoms with Gasteiger partial charge in [0.15, 0.2) is 0 Å². The van der Waals surface area contributed by atoms with Gasteiger partial charge in [-0.05, 0) is 0 Å². The van der Waals surface area contributed by atoms with Crippen molar-refractivity contribution in [2.45, 2.75) is 0 Å². The molecule has 2 N–H and O–H groups in total. The first-order valence-electron chi connectivity index (χ1n) is 1.95. The molecule has 1 rings (SSSR count). The fourth-order valence-electron chi connectivity index (χ4n) is 0.333. The van der Waals surface area contributed by atoms with Crippen LogP contribution < -0.4 is 5.73 Å². The van der Waals surface area contributed by atoms with Crippen LogP contribution in [-0.4, -0.2) is 5.16 Å². The number of aromatic nitrogens is 1. The zero-order chi connectivity index (χ0) is 5.98. The van der Waals surface area contributed by atoms with Gasteiger partial charge < -0.3 is 10.3 Å². The molecule has 1 aromatic heterocycles. The molecular formula is C4H3N3O. The minimum absolute atomic E-state index is 0.0764. The van der Waals surface area contributed by atoms with Gasteiger partial charge >= 0.3 is 0 Å². The summed E-state index contributed by atoms with van der Waals surface area (Å²) in [5, 5.41) is 11.4. The van der Waals surface area contributed by atoms with Gasteiger partial charge in [-0.2, -0.15) is 5.26 Å². The van der Waals surface area contributed by atoms with Crippen LogP contribution in [0.5, 0.6) is 0 Å². The third-order valence-corrected chi connectivity index (χ3v) is 0.719. The minimum atomic E-state index is 0.0764. The summed E-state index contributed by atoms with van der Waals surface area (Å²) in [7, 11) is 0. The van der Waals surface area contributed by atoms with Crippen LogP contribution in [0.25, 0.3) is 0 Å². The van der Waals surface area contributed by atoms with Crippen LogP contribution in [0, 0.1) is 11.3 Å². The molecule has 0 radical (unpaired) electrons. The molecule has 0 bridgehead atoms. The molecule has 0 saturated heterocycles. The first-order chi connectivity index (χ1) is 3.84. The standard InChI is InChI=1S/C4H3N3O/c5-1-3-2-7-8-4(3)6/h2H,6H2. The lowest BCUT2D eigenvalue weighted by molar-refractivity contribution is 0.436. The third kappa shape index (κ3) is 0.500. The van der Waals surface area contributed by atoms with E-state index in [1.165, 1.54) is 6.20 Å². The average molecular weight is 109 g/mol. The van der Waals surface area contributed by atoms with E-state index in [1.807, 2.05) is 0 Å². The molecule has 0 aliphatic rings. The molecule has 0 atom stereocenters. The number of nitriles is 1. The Morgan fingerprint density at radius 3 is 2.88 bits per heavy atom. The molecule has 0 saturated carbocycles. The SMILES string of the molecule is N#Cc1cnoc1N. The topological polar surface area (TPSA) is 75.8 Å². The van der Waals surface area contributed by atoms with Crippen molar-refractivity contribution in [3.63, 3.8) is 0 Å². The second kappa shape index (κ2) is 1.54. The van der Waals surface area contributed by atoms with E-state index in [2.05, 4.69) is 9.68 Å². The second-order valence-corrected chi connectivity index (χ2v) is 1.22. The van der Waals surface area contributed by atoms with E-state index >= 15 is 0 Å². The molecule has 1 aromatic rings. The highest BCUT2D eigenvalue weighted by molar-refractivity contribution is 5.43. The summed E-state index contributed by atoms with van der Waals surface area (Å²) in [5.74, 6) is 0.0764. The van der Waals surface area contributed by atoms with Crippen LogP contribution in [0.2, 0.25) is 0 Å². The van der Waals surface area contributed by atoms with Crippen molar-refractivity contribution in [3.8, 4) is 6.07 Å². The minimum Gasteiger partial charge on any atom is -0.366 e. The van der Waals surface area contributed by atoms with E-state index in [4.69, 9.17) is 11.0 Å². The monoisotopic (exact) mass is 109 g/mol. The Hall–Kier alpha value is -1.50. The molecule has 4 heteroatoms. The Kier molecular flexibility index (Phi) is 0.897. The number of nitrogens with two attached hydrogens (primary N) is 1. The Morgan fingerprint density at radius 2 is 2.62 bits per heavy atom. The van der Waals surface area contributed by atoms with Crippen LogP contribution in [0.4, 0.5) is 5.88 Å². The molecule has 0 spiro atoms. The van der Waals surface area contributed by atoms with Crippen molar-refractivity contribution in [3.05, 3.63) is 11.8 Å². The molecular weight excluding hydrogens is 106 g/mol. The first-order valence-corrected chi connectivity index (χ1v) is 1.95. The third-order valence-electron chi connectivity index (χ3n) is 0.719. The lowest BCUT2D eigenvalue weighted by Gasteiger charge is -1.74. The molecule has 4 nitrogen and oxygen atoms in total. The van der Waals surface area contributed by atoms with Crippen LogP contribution in [0.15, 0.2) is 10.7 Å². The maximum Gasteiger partial charge on any atom is 0.240 e. The Labute approximate surface area is 45.5 Å². The smallest absolute Gasteiger partial charge is 0.240 e. The lowest BCUT2D eigenvalue weighted by atomic mass is 10.4. The average Bonchev–Trinajstić information content (AvgIpc) is 2.14. The van der Waals surface area contributed by atoms with E-state index in [0.29, 0.717) is 0 Å². The Balaban J connectivity index is 3.15. The fourth-order valence-corrected chi connectivity index (χ4v) is 0.333. The van der Waals surface area contributed by atoms with Gasteiger partial charge in [0, 0.05) is 0 Å². The molecule has 8 heavy (non-hydrogen) atoms. The molecule has 40 valence electrons. The van der Waals surface area contributed by atoms with Crippen molar-refractivity contribution in [2.24, 2.45) is 0 Å². The number of hydrogen-bond donors (Lipinski definition) is 1. The van der Waals surface area contributed by atoms with E-state index in [9.17, 15) is 0 Å². The predicted octanol–water partition coefficient (Wildman–Crippen LogP) is 0.128. The van der Waals surface area contributed by atoms with E-state index in [0.717, 1.165) is 0 Å². The number of hydrogen-bond acceptors (Lipinski definition) is 4. The van der Waals surface area contributed by atoms with E-state index < -0.39 is 0 Å². The van der Waals surface area contributed by atoms with Crippen molar-refractivity contribution < 1.29 is 4.52 Å². The van der Waals surface area contributed by atoms with Gasteiger partial charge in [0.05, 0.1) is 6.20 Å². The van der Waals surface area contributed by atoms with Crippen molar-refractivity contribution >= 4 is 5.88 Å². The van der Waals surface area contributed by atoms with Crippen LogP contribution in [0.1, 0.15) is 5.56 Å². The Bertz CT molecular complexity index is 221. The van der Waals surface area contributed by atoms with Gasteiger partial charge in [-0.1, -0.05) is 5.16 Å². The predicted molar refractivity (Wildman–Crippen MR) is 25.6 cm³/mol. The van der Waals surface area contributed by atoms with E-state index in [1.54, 1.807) is 6.07 Å². The number of anilines is 1. The number of nitrogens with zero attached hydrogens (tertiary/aromatic N) is 2. The van der Waals surface area contributed by atoms with Crippen LogP contribution in [-0.2, 0) is 0 Å². The summed E-state index contributed by atoms with van der Waals surface area (Å²) in [4.78, 5) is 0. The zero-order valence-electron chi connectivity index (χ0n) is 3.96. The second-order valence-electron chi connectivity index (χ2n) is 1.22. The molecule has 0 amide bonds. The summed E-state index contributed by atoms with van der Waals surface area (Å²) in [6.07, 6.45) is 1.27. The summed E-state index contributed by atoms with van der Waals surface area (Å²) in [6.45, 7) is 0. The number of rotatable bonds is 0. The maximum atomic E-state index is 8.18. The summed E-state index contributed by atoms with van der Waals surface area (Å²) in [6, 6.07) is 1.79. The maximum absolute atomic E-state index is 8.18. The van der Waals surface area contributed by atoms with Gasteiger partial charge in [0.1, 0.15) is 11.6 Å². The number of nitrogen functional groups attached to an aromatic ring is 1. The molecule has 1 heterocycles. The highest BCUT2D eigenvalue weighted by Crippen LogP contribution is 2.05. The van der Waals surface area contributed by atoms with E-state index in [-0.39, 0.29) is 11.4 Å². The molecule has 0 fully saturated rings. The summed E-state index contributed by atoms with van der Waals surface area (Å²) in [5.41, 5.74) is 5.38. The normalized spacial score (nSPS) is 8.38. The van der Waals surface area contributed by atoms with Gasteiger partial charge in [-0.25, -0.2) is 0 Å². The summed E-state index contributed by atoms with van der Waals surface area (Å²) >= 11 is 0. The fraction of sp³-hybridized carbons (Fsp3) is 0. The van der Waals surface area contributed by atoms with Gasteiger partial charge in [0.25, 0.3) is 0 Å². The largest absolute Gasteiger partial charge is 0.366 e. The van der Waals surface area contributed by atoms with Crippen molar-refractivity contribution in [1.29, 1.82) is 5.26 Å². The Morgan fingerprint density at radius 1 is 1.88 bits per heavy atom. The summed E-state index contributed by atoms with van der Waals surface area (Å²) < 4.78 is 4.36.